The summed E-state index contributed by atoms with van der Waals surface area (Å²) in [5, 5.41) is 0. The van der Waals surface area contributed by atoms with E-state index in [4.69, 9.17) is 10.5 Å². The van der Waals surface area contributed by atoms with E-state index in [1.807, 2.05) is 0 Å². The van der Waals surface area contributed by atoms with Gasteiger partial charge in [0.05, 0.1) is 0 Å². The lowest BCUT2D eigenvalue weighted by atomic mass is 9.94. The molecule has 0 bridgehead atoms. The second-order valence-electron chi connectivity index (χ2n) is 4.12. The summed E-state index contributed by atoms with van der Waals surface area (Å²) >= 11 is 0. The maximum absolute atomic E-state index is 5.72. The van der Waals surface area contributed by atoms with Crippen molar-refractivity contribution in [2.45, 2.75) is 19.8 Å². The predicted molar refractivity (Wildman–Crippen MR) is 63.1 cm³/mol. The van der Waals surface area contributed by atoms with Crippen LogP contribution < -0.4 is 10.5 Å². The van der Waals surface area contributed by atoms with Crippen LogP contribution in [0.3, 0.4) is 0 Å². The zero-order chi connectivity index (χ0) is 10.8. The van der Waals surface area contributed by atoms with Crippen molar-refractivity contribution in [2.24, 2.45) is 5.73 Å². The minimum Gasteiger partial charge on any atom is -0.489 e. The fraction of sp³-hybridized carbons (Fsp3) is 0.385. The highest BCUT2D eigenvalue weighted by atomic mass is 16.5. The highest BCUT2D eigenvalue weighted by molar-refractivity contribution is 5.74. The molecule has 2 N–H and O–H groups in total. The summed E-state index contributed by atoms with van der Waals surface area (Å²) in [6, 6.07) is 6.29. The summed E-state index contributed by atoms with van der Waals surface area (Å²) in [5.74, 6) is 1.51. The molecule has 0 aromatic heterocycles. The van der Waals surface area contributed by atoms with E-state index >= 15 is 0 Å². The normalized spacial score (nSPS) is 14.5. The van der Waals surface area contributed by atoms with Gasteiger partial charge in [-0.1, -0.05) is 32.0 Å². The van der Waals surface area contributed by atoms with Crippen LogP contribution in [0.5, 0.6) is 5.75 Å². The lowest BCUT2D eigenvalue weighted by Crippen LogP contribution is -2.12. The molecule has 0 radical (unpaired) electrons. The van der Waals surface area contributed by atoms with Crippen LogP contribution in [0.1, 0.15) is 30.9 Å². The van der Waals surface area contributed by atoms with Gasteiger partial charge in [-0.2, -0.15) is 0 Å². The molecule has 1 heterocycles. The first kappa shape index (κ1) is 10.2. The van der Waals surface area contributed by atoms with E-state index in [9.17, 15) is 0 Å². The Kier molecular flexibility index (Phi) is 2.78. The van der Waals surface area contributed by atoms with E-state index in [2.05, 4.69) is 38.1 Å². The molecule has 0 saturated heterocycles. The molecule has 0 amide bonds. The van der Waals surface area contributed by atoms with Gasteiger partial charge in [0.2, 0.25) is 0 Å². The molecule has 15 heavy (non-hydrogen) atoms. The summed E-state index contributed by atoms with van der Waals surface area (Å²) in [6.45, 7) is 5.58. The molecule has 1 aromatic rings. The van der Waals surface area contributed by atoms with Crippen LogP contribution in [0.2, 0.25) is 0 Å². The standard InChI is InChI=1S/C13H17NO/c1-9(2)11-4-3-5-12-10(8-14)6-7-15-13(11)12/h3-6,9H,7-8,14H2,1-2H3. The van der Waals surface area contributed by atoms with Gasteiger partial charge >= 0.3 is 0 Å². The van der Waals surface area contributed by atoms with Crippen molar-refractivity contribution in [1.29, 1.82) is 0 Å². The Balaban J connectivity index is 2.53. The van der Waals surface area contributed by atoms with E-state index in [0.717, 1.165) is 11.3 Å². The lowest BCUT2D eigenvalue weighted by Gasteiger charge is -2.22. The Bertz CT molecular complexity index is 394. The summed E-state index contributed by atoms with van der Waals surface area (Å²) in [5.41, 5.74) is 9.35. The van der Waals surface area contributed by atoms with Gasteiger partial charge in [-0.15, -0.1) is 0 Å². The molecule has 0 atom stereocenters. The highest BCUT2D eigenvalue weighted by Gasteiger charge is 2.17. The van der Waals surface area contributed by atoms with Crippen LogP contribution in [0.15, 0.2) is 24.3 Å². The largest absolute Gasteiger partial charge is 0.489 e. The Hall–Kier alpha value is -1.28. The lowest BCUT2D eigenvalue weighted by molar-refractivity contribution is 0.351. The number of benzene rings is 1. The zero-order valence-corrected chi connectivity index (χ0v) is 9.29. The number of fused-ring (bicyclic) bond motifs is 1. The zero-order valence-electron chi connectivity index (χ0n) is 9.29. The molecular formula is C13H17NO. The Morgan fingerprint density at radius 2 is 2.20 bits per heavy atom. The molecule has 80 valence electrons. The number of ether oxygens (including phenoxy) is 1. The van der Waals surface area contributed by atoms with Gasteiger partial charge in [-0.3, -0.25) is 0 Å². The fourth-order valence-corrected chi connectivity index (χ4v) is 1.95. The molecule has 0 spiro atoms. The third-order valence-corrected chi connectivity index (χ3v) is 2.79. The van der Waals surface area contributed by atoms with Crippen molar-refractivity contribution in [3.8, 4) is 5.75 Å². The van der Waals surface area contributed by atoms with E-state index in [1.165, 1.54) is 11.1 Å². The maximum atomic E-state index is 5.72. The average molecular weight is 203 g/mol. The van der Waals surface area contributed by atoms with Gasteiger partial charge in [-0.25, -0.2) is 0 Å². The molecular weight excluding hydrogens is 186 g/mol. The van der Waals surface area contributed by atoms with Crippen molar-refractivity contribution in [1.82, 2.24) is 0 Å². The summed E-state index contributed by atoms with van der Waals surface area (Å²) in [4.78, 5) is 0. The van der Waals surface area contributed by atoms with Crippen molar-refractivity contribution in [3.05, 3.63) is 35.4 Å². The summed E-state index contributed by atoms with van der Waals surface area (Å²) in [6.07, 6.45) is 2.06. The van der Waals surface area contributed by atoms with E-state index in [-0.39, 0.29) is 0 Å². The van der Waals surface area contributed by atoms with Crippen LogP contribution in [0, 0.1) is 0 Å². The monoisotopic (exact) mass is 203 g/mol. The Labute approximate surface area is 90.7 Å². The second-order valence-corrected chi connectivity index (χ2v) is 4.12. The van der Waals surface area contributed by atoms with Crippen LogP contribution in [0.25, 0.3) is 5.57 Å². The number of para-hydroxylation sites is 1. The smallest absolute Gasteiger partial charge is 0.130 e. The molecule has 1 aromatic carbocycles. The van der Waals surface area contributed by atoms with E-state index in [0.29, 0.717) is 19.1 Å². The van der Waals surface area contributed by atoms with E-state index in [1.54, 1.807) is 0 Å². The summed E-state index contributed by atoms with van der Waals surface area (Å²) in [7, 11) is 0. The molecule has 1 aliphatic heterocycles. The van der Waals surface area contributed by atoms with Crippen molar-refractivity contribution in [2.75, 3.05) is 13.2 Å². The molecule has 2 nitrogen and oxygen atoms in total. The number of hydrogen-bond acceptors (Lipinski definition) is 2. The first-order valence-electron chi connectivity index (χ1n) is 5.39. The molecule has 2 rings (SSSR count). The number of rotatable bonds is 2. The molecule has 0 aliphatic carbocycles. The van der Waals surface area contributed by atoms with Gasteiger partial charge < -0.3 is 10.5 Å². The molecule has 0 saturated carbocycles. The number of hydrogen-bond donors (Lipinski definition) is 1. The third-order valence-electron chi connectivity index (χ3n) is 2.79. The summed E-state index contributed by atoms with van der Waals surface area (Å²) < 4.78 is 5.72. The first-order chi connectivity index (χ1) is 7.24. The van der Waals surface area contributed by atoms with Gasteiger partial charge in [0.1, 0.15) is 12.4 Å². The van der Waals surface area contributed by atoms with Crippen molar-refractivity contribution < 1.29 is 4.74 Å². The molecule has 0 fully saturated rings. The highest BCUT2D eigenvalue weighted by Crippen LogP contribution is 2.36. The quantitative estimate of drug-likeness (QED) is 0.801. The fourth-order valence-electron chi connectivity index (χ4n) is 1.95. The second kappa shape index (κ2) is 4.07. The average Bonchev–Trinajstić information content (AvgIpc) is 2.27. The van der Waals surface area contributed by atoms with Gasteiger partial charge in [0.15, 0.2) is 0 Å². The van der Waals surface area contributed by atoms with Gasteiger partial charge in [0, 0.05) is 12.1 Å². The topological polar surface area (TPSA) is 35.2 Å². The Morgan fingerprint density at radius 1 is 1.40 bits per heavy atom. The van der Waals surface area contributed by atoms with Crippen molar-refractivity contribution >= 4 is 5.57 Å². The SMILES string of the molecule is CC(C)c1cccc2c1OCC=C2CN. The van der Waals surface area contributed by atoms with Crippen LogP contribution >= 0.6 is 0 Å². The Morgan fingerprint density at radius 3 is 2.87 bits per heavy atom. The number of nitrogens with two attached hydrogens (primary N) is 1. The third kappa shape index (κ3) is 1.77. The van der Waals surface area contributed by atoms with Gasteiger partial charge in [0.25, 0.3) is 0 Å². The van der Waals surface area contributed by atoms with Crippen molar-refractivity contribution in [3.63, 3.8) is 0 Å². The van der Waals surface area contributed by atoms with Gasteiger partial charge in [-0.05, 0) is 23.1 Å². The maximum Gasteiger partial charge on any atom is 0.130 e. The molecule has 0 unspecified atom stereocenters. The predicted octanol–water partition coefficient (Wildman–Crippen LogP) is 2.54. The molecule has 2 heteroatoms. The van der Waals surface area contributed by atoms with E-state index < -0.39 is 0 Å². The first-order valence-corrected chi connectivity index (χ1v) is 5.39. The van der Waals surface area contributed by atoms with Crippen LogP contribution in [-0.4, -0.2) is 13.2 Å². The minimum absolute atomic E-state index is 0.483. The van der Waals surface area contributed by atoms with Crippen LogP contribution in [-0.2, 0) is 0 Å². The van der Waals surface area contributed by atoms with Crippen LogP contribution in [0.4, 0.5) is 0 Å². The minimum atomic E-state index is 0.483. The molecule has 1 aliphatic rings.